The van der Waals surface area contributed by atoms with Crippen LogP contribution in [0.5, 0.6) is 0 Å². The van der Waals surface area contributed by atoms with Crippen molar-refractivity contribution in [3.05, 3.63) is 17.0 Å². The molecule has 0 aliphatic heterocycles. The van der Waals surface area contributed by atoms with Gasteiger partial charge in [-0.3, -0.25) is 4.79 Å². The fourth-order valence-corrected chi connectivity index (χ4v) is 3.50. The second-order valence-corrected chi connectivity index (χ2v) is 6.55. The summed E-state index contributed by atoms with van der Waals surface area (Å²) in [5, 5.41) is 4.55. The first-order chi connectivity index (χ1) is 10.1. The lowest BCUT2D eigenvalue weighted by molar-refractivity contribution is 0.0781. The van der Waals surface area contributed by atoms with E-state index in [1.807, 2.05) is 6.92 Å². The molecule has 21 heavy (non-hydrogen) atoms. The maximum Gasteiger partial charge on any atom is 0.250 e. The number of aryl methyl sites for hydroxylation is 1. The van der Waals surface area contributed by atoms with Crippen LogP contribution in [0.3, 0.4) is 0 Å². The van der Waals surface area contributed by atoms with Crippen LogP contribution < -0.4 is 0 Å². The van der Waals surface area contributed by atoms with Gasteiger partial charge in [-0.25, -0.2) is 4.68 Å². The summed E-state index contributed by atoms with van der Waals surface area (Å²) >= 11 is 0. The van der Waals surface area contributed by atoms with Crippen molar-refractivity contribution in [1.82, 2.24) is 9.78 Å². The SMILES string of the molecule is CCCCCCc1c(C)nn(C(=O)C2CCCCC2)c1C. The van der Waals surface area contributed by atoms with Crippen molar-refractivity contribution in [2.45, 2.75) is 85.0 Å². The van der Waals surface area contributed by atoms with Crippen LogP contribution in [0, 0.1) is 19.8 Å². The molecule has 1 aliphatic rings. The summed E-state index contributed by atoms with van der Waals surface area (Å²) in [7, 11) is 0. The molecule has 2 rings (SSSR count). The predicted octanol–water partition coefficient (Wildman–Crippen LogP) is 4.84. The van der Waals surface area contributed by atoms with E-state index in [0.29, 0.717) is 0 Å². The largest absolute Gasteiger partial charge is 0.272 e. The predicted molar refractivity (Wildman–Crippen MR) is 86.7 cm³/mol. The average Bonchev–Trinajstić information content (AvgIpc) is 2.79. The third-order valence-corrected chi connectivity index (χ3v) is 4.88. The Labute approximate surface area is 129 Å². The van der Waals surface area contributed by atoms with Gasteiger partial charge in [0.15, 0.2) is 0 Å². The van der Waals surface area contributed by atoms with E-state index in [0.717, 1.165) is 30.7 Å². The van der Waals surface area contributed by atoms with Crippen molar-refractivity contribution >= 4 is 5.91 Å². The maximum absolute atomic E-state index is 12.7. The van der Waals surface area contributed by atoms with Gasteiger partial charge in [-0.2, -0.15) is 5.10 Å². The molecule has 0 bridgehead atoms. The summed E-state index contributed by atoms with van der Waals surface area (Å²) in [4.78, 5) is 12.7. The van der Waals surface area contributed by atoms with Crippen molar-refractivity contribution in [3.63, 3.8) is 0 Å². The summed E-state index contributed by atoms with van der Waals surface area (Å²) in [6, 6.07) is 0. The van der Waals surface area contributed by atoms with Crippen molar-refractivity contribution < 1.29 is 4.79 Å². The molecule has 0 radical (unpaired) electrons. The van der Waals surface area contributed by atoms with Gasteiger partial charge in [-0.05, 0) is 45.1 Å². The van der Waals surface area contributed by atoms with E-state index in [4.69, 9.17) is 0 Å². The monoisotopic (exact) mass is 290 g/mol. The van der Waals surface area contributed by atoms with Crippen LogP contribution in [0.1, 0.15) is 86.5 Å². The van der Waals surface area contributed by atoms with Gasteiger partial charge < -0.3 is 0 Å². The summed E-state index contributed by atoms with van der Waals surface area (Å²) < 4.78 is 1.71. The fourth-order valence-electron chi connectivity index (χ4n) is 3.50. The van der Waals surface area contributed by atoms with E-state index in [1.54, 1.807) is 4.68 Å². The number of aromatic nitrogens is 2. The van der Waals surface area contributed by atoms with Gasteiger partial charge in [0.1, 0.15) is 0 Å². The molecule has 3 nitrogen and oxygen atoms in total. The Hall–Kier alpha value is -1.12. The van der Waals surface area contributed by atoms with Crippen molar-refractivity contribution in [3.8, 4) is 0 Å². The van der Waals surface area contributed by atoms with Crippen molar-refractivity contribution in [2.75, 3.05) is 0 Å². The first-order valence-corrected chi connectivity index (χ1v) is 8.74. The lowest BCUT2D eigenvalue weighted by Crippen LogP contribution is -2.25. The molecule has 1 aromatic rings. The normalized spacial score (nSPS) is 16.3. The quantitative estimate of drug-likeness (QED) is 0.702. The van der Waals surface area contributed by atoms with E-state index in [2.05, 4.69) is 18.9 Å². The molecule has 1 aromatic heterocycles. The van der Waals surface area contributed by atoms with Crippen LogP contribution >= 0.6 is 0 Å². The molecule has 1 heterocycles. The summed E-state index contributed by atoms with van der Waals surface area (Å²) in [6.45, 7) is 6.35. The Balaban J connectivity index is 2.05. The second kappa shape index (κ2) is 7.77. The zero-order valence-corrected chi connectivity index (χ0v) is 14.0. The molecule has 0 amide bonds. The van der Waals surface area contributed by atoms with E-state index in [1.165, 1.54) is 50.5 Å². The first kappa shape index (κ1) is 16.3. The van der Waals surface area contributed by atoms with Crippen molar-refractivity contribution in [1.29, 1.82) is 0 Å². The Morgan fingerprint density at radius 3 is 2.52 bits per heavy atom. The number of carbonyl (C=O) groups is 1. The van der Waals surface area contributed by atoms with E-state index < -0.39 is 0 Å². The second-order valence-electron chi connectivity index (χ2n) is 6.55. The summed E-state index contributed by atoms with van der Waals surface area (Å²) in [6.07, 6.45) is 11.9. The molecule has 1 saturated carbocycles. The van der Waals surface area contributed by atoms with E-state index >= 15 is 0 Å². The van der Waals surface area contributed by atoms with Gasteiger partial charge in [-0.15, -0.1) is 0 Å². The summed E-state index contributed by atoms with van der Waals surface area (Å²) in [5.41, 5.74) is 3.43. The number of carbonyl (C=O) groups excluding carboxylic acids is 1. The highest BCUT2D eigenvalue weighted by molar-refractivity contribution is 5.81. The molecule has 0 N–H and O–H groups in total. The molecular formula is C18H30N2O. The Bertz CT molecular complexity index is 470. The number of unbranched alkanes of at least 4 members (excludes halogenated alkanes) is 3. The van der Waals surface area contributed by atoms with Gasteiger partial charge in [0.05, 0.1) is 5.69 Å². The zero-order valence-electron chi connectivity index (χ0n) is 14.0. The molecule has 1 aliphatic carbocycles. The average molecular weight is 290 g/mol. The minimum Gasteiger partial charge on any atom is -0.272 e. The molecule has 0 spiro atoms. The highest BCUT2D eigenvalue weighted by Crippen LogP contribution is 2.26. The summed E-state index contributed by atoms with van der Waals surface area (Å²) in [5.74, 6) is 0.430. The Kier molecular flexibility index (Phi) is 6.01. The standard InChI is InChI=1S/C18H30N2O/c1-4-5-6-10-13-17-14(2)19-20(15(17)3)18(21)16-11-8-7-9-12-16/h16H,4-13H2,1-3H3. The van der Waals surface area contributed by atoms with E-state index in [9.17, 15) is 4.79 Å². The van der Waals surface area contributed by atoms with Crippen LogP contribution in [0.4, 0.5) is 0 Å². The maximum atomic E-state index is 12.7. The minimum absolute atomic E-state index is 0.199. The smallest absolute Gasteiger partial charge is 0.250 e. The molecule has 118 valence electrons. The van der Waals surface area contributed by atoms with Gasteiger partial charge in [0.25, 0.3) is 0 Å². The Morgan fingerprint density at radius 2 is 1.86 bits per heavy atom. The highest BCUT2D eigenvalue weighted by Gasteiger charge is 2.25. The van der Waals surface area contributed by atoms with Crippen LogP contribution in [0.15, 0.2) is 0 Å². The number of hydrogen-bond donors (Lipinski definition) is 0. The third kappa shape index (κ3) is 3.96. The van der Waals surface area contributed by atoms with Crippen LogP contribution in [0.25, 0.3) is 0 Å². The van der Waals surface area contributed by atoms with Gasteiger partial charge in [0, 0.05) is 11.6 Å². The molecule has 0 saturated heterocycles. The fraction of sp³-hybridized carbons (Fsp3) is 0.778. The molecule has 0 aromatic carbocycles. The van der Waals surface area contributed by atoms with Crippen LogP contribution in [-0.4, -0.2) is 15.7 Å². The minimum atomic E-state index is 0.199. The molecule has 1 fully saturated rings. The topological polar surface area (TPSA) is 34.9 Å². The van der Waals surface area contributed by atoms with E-state index in [-0.39, 0.29) is 11.8 Å². The van der Waals surface area contributed by atoms with Crippen molar-refractivity contribution in [2.24, 2.45) is 5.92 Å². The first-order valence-electron chi connectivity index (χ1n) is 8.74. The van der Waals surface area contributed by atoms with Crippen LogP contribution in [0.2, 0.25) is 0 Å². The van der Waals surface area contributed by atoms with Crippen LogP contribution in [-0.2, 0) is 6.42 Å². The molecular weight excluding hydrogens is 260 g/mol. The highest BCUT2D eigenvalue weighted by atomic mass is 16.2. The molecule has 0 atom stereocenters. The van der Waals surface area contributed by atoms with Gasteiger partial charge in [-0.1, -0.05) is 45.4 Å². The van der Waals surface area contributed by atoms with Gasteiger partial charge in [0.2, 0.25) is 5.91 Å². The number of rotatable bonds is 6. The number of hydrogen-bond acceptors (Lipinski definition) is 2. The molecule has 3 heteroatoms. The third-order valence-electron chi connectivity index (χ3n) is 4.88. The Morgan fingerprint density at radius 1 is 1.14 bits per heavy atom. The lowest BCUT2D eigenvalue weighted by atomic mass is 9.88. The van der Waals surface area contributed by atoms with Gasteiger partial charge >= 0.3 is 0 Å². The lowest BCUT2D eigenvalue weighted by Gasteiger charge is -2.20. The number of nitrogens with zero attached hydrogens (tertiary/aromatic N) is 2. The zero-order chi connectivity index (χ0) is 15.2. The molecule has 0 unspecified atom stereocenters.